The van der Waals surface area contributed by atoms with Gasteiger partial charge in [0.05, 0.1) is 0 Å². The van der Waals surface area contributed by atoms with E-state index in [1.807, 2.05) is 30.3 Å². The molecule has 2 aromatic rings. The van der Waals surface area contributed by atoms with Crippen LogP contribution in [0.3, 0.4) is 0 Å². The zero-order valence-electron chi connectivity index (χ0n) is 9.37. The first-order valence-electron chi connectivity index (χ1n) is 5.11. The normalized spacial score (nSPS) is 9.94. The van der Waals surface area contributed by atoms with Crippen LogP contribution < -0.4 is 10.6 Å². The third-order valence-electron chi connectivity index (χ3n) is 2.35. The lowest BCUT2D eigenvalue weighted by Crippen LogP contribution is -2.27. The molecular formula is C12H12N4O. The molecule has 0 aliphatic carbocycles. The van der Waals surface area contributed by atoms with Gasteiger partial charge in [0.1, 0.15) is 5.82 Å². The van der Waals surface area contributed by atoms with E-state index < -0.39 is 0 Å². The Hall–Kier alpha value is -2.43. The lowest BCUT2D eigenvalue weighted by Gasteiger charge is -2.16. The quantitative estimate of drug-likeness (QED) is 0.841. The van der Waals surface area contributed by atoms with E-state index in [9.17, 15) is 4.79 Å². The fraction of sp³-hybridized carbons (Fsp3) is 0.0833. The maximum atomic E-state index is 12.0. The number of nitrogen functional groups attached to an aromatic ring is 1. The van der Waals surface area contributed by atoms with Crippen molar-refractivity contribution >= 4 is 17.4 Å². The van der Waals surface area contributed by atoms with Crippen LogP contribution in [0, 0.1) is 0 Å². The second-order valence-electron chi connectivity index (χ2n) is 3.54. The van der Waals surface area contributed by atoms with Gasteiger partial charge in [-0.1, -0.05) is 18.2 Å². The summed E-state index contributed by atoms with van der Waals surface area (Å²) in [6.07, 6.45) is 0. The number of anilines is 2. The Bertz CT molecular complexity index is 510. The summed E-state index contributed by atoms with van der Waals surface area (Å²) in [4.78, 5) is 13.6. The topological polar surface area (TPSA) is 72.1 Å². The van der Waals surface area contributed by atoms with Crippen molar-refractivity contribution in [1.82, 2.24) is 10.2 Å². The minimum atomic E-state index is -0.219. The van der Waals surface area contributed by atoms with Crippen molar-refractivity contribution in [2.24, 2.45) is 0 Å². The van der Waals surface area contributed by atoms with Gasteiger partial charge in [-0.3, -0.25) is 4.79 Å². The molecule has 0 unspecified atom stereocenters. The van der Waals surface area contributed by atoms with Gasteiger partial charge in [0.2, 0.25) is 0 Å². The van der Waals surface area contributed by atoms with E-state index in [2.05, 4.69) is 10.2 Å². The Kier molecular flexibility index (Phi) is 3.00. The summed E-state index contributed by atoms with van der Waals surface area (Å²) in [6, 6.07) is 12.4. The number of nitrogens with two attached hydrogens (primary N) is 1. The Labute approximate surface area is 98.9 Å². The Morgan fingerprint density at radius 3 is 2.41 bits per heavy atom. The van der Waals surface area contributed by atoms with Gasteiger partial charge < -0.3 is 10.6 Å². The summed E-state index contributed by atoms with van der Waals surface area (Å²) >= 11 is 0. The van der Waals surface area contributed by atoms with Crippen molar-refractivity contribution in [2.75, 3.05) is 17.7 Å². The highest BCUT2D eigenvalue weighted by Crippen LogP contribution is 2.13. The molecule has 86 valence electrons. The minimum absolute atomic E-state index is 0.219. The monoisotopic (exact) mass is 228 g/mol. The molecule has 17 heavy (non-hydrogen) atoms. The summed E-state index contributed by atoms with van der Waals surface area (Å²) in [7, 11) is 1.69. The summed E-state index contributed by atoms with van der Waals surface area (Å²) < 4.78 is 0. The fourth-order valence-electron chi connectivity index (χ4n) is 1.40. The Morgan fingerprint density at radius 1 is 1.12 bits per heavy atom. The van der Waals surface area contributed by atoms with Crippen LogP contribution in [0.5, 0.6) is 0 Å². The molecule has 1 heterocycles. The van der Waals surface area contributed by atoms with Gasteiger partial charge in [0.15, 0.2) is 5.69 Å². The predicted octanol–water partition coefficient (Wildman–Crippen LogP) is 1.34. The van der Waals surface area contributed by atoms with Gasteiger partial charge in [-0.25, -0.2) is 0 Å². The molecule has 0 aliphatic heterocycles. The maximum absolute atomic E-state index is 12.0. The largest absolute Gasteiger partial charge is 0.382 e. The maximum Gasteiger partial charge on any atom is 0.278 e. The van der Waals surface area contributed by atoms with E-state index in [4.69, 9.17) is 5.73 Å². The fourth-order valence-corrected chi connectivity index (χ4v) is 1.40. The molecule has 0 spiro atoms. The second-order valence-corrected chi connectivity index (χ2v) is 3.54. The zero-order valence-corrected chi connectivity index (χ0v) is 9.37. The lowest BCUT2D eigenvalue weighted by atomic mass is 10.2. The standard InChI is InChI=1S/C12H12N4O/c1-16(9-5-3-2-4-6-9)12(17)10-7-8-11(13)15-14-10/h2-8H,1H3,(H2,13,15). The molecule has 0 saturated carbocycles. The third kappa shape index (κ3) is 2.39. The van der Waals surface area contributed by atoms with E-state index in [0.717, 1.165) is 5.69 Å². The number of aromatic nitrogens is 2. The molecular weight excluding hydrogens is 216 g/mol. The average molecular weight is 228 g/mol. The molecule has 5 nitrogen and oxygen atoms in total. The zero-order chi connectivity index (χ0) is 12.3. The molecule has 1 aromatic carbocycles. The summed E-state index contributed by atoms with van der Waals surface area (Å²) in [6.45, 7) is 0. The van der Waals surface area contributed by atoms with Crippen LogP contribution in [0.1, 0.15) is 10.5 Å². The van der Waals surface area contributed by atoms with Gasteiger partial charge >= 0.3 is 0 Å². The molecule has 1 amide bonds. The molecule has 0 aliphatic rings. The van der Waals surface area contributed by atoms with E-state index in [1.165, 1.54) is 4.90 Å². The third-order valence-corrected chi connectivity index (χ3v) is 2.35. The number of carbonyl (C=O) groups is 1. The van der Waals surface area contributed by atoms with Crippen molar-refractivity contribution in [3.8, 4) is 0 Å². The molecule has 5 heteroatoms. The molecule has 0 radical (unpaired) electrons. The van der Waals surface area contributed by atoms with Crippen molar-refractivity contribution in [2.45, 2.75) is 0 Å². The minimum Gasteiger partial charge on any atom is -0.382 e. The highest BCUT2D eigenvalue weighted by atomic mass is 16.2. The average Bonchev–Trinajstić information content (AvgIpc) is 2.39. The molecule has 2 N–H and O–H groups in total. The molecule has 0 bridgehead atoms. The first-order chi connectivity index (χ1) is 8.18. The van der Waals surface area contributed by atoms with Crippen LogP contribution in [0.25, 0.3) is 0 Å². The first kappa shape index (κ1) is 11.1. The van der Waals surface area contributed by atoms with Crippen molar-refractivity contribution in [1.29, 1.82) is 0 Å². The van der Waals surface area contributed by atoms with Gasteiger partial charge in [0, 0.05) is 12.7 Å². The molecule has 0 atom stereocenters. The number of rotatable bonds is 2. The number of para-hydroxylation sites is 1. The molecule has 2 rings (SSSR count). The van der Waals surface area contributed by atoms with Crippen molar-refractivity contribution in [3.05, 3.63) is 48.2 Å². The summed E-state index contributed by atoms with van der Waals surface area (Å²) in [5.74, 6) is 0.0765. The number of benzene rings is 1. The smallest absolute Gasteiger partial charge is 0.278 e. The SMILES string of the molecule is CN(C(=O)c1ccc(N)nn1)c1ccccc1. The van der Waals surface area contributed by atoms with Crippen LogP contribution in [0.2, 0.25) is 0 Å². The van der Waals surface area contributed by atoms with Crippen LogP contribution in [-0.4, -0.2) is 23.2 Å². The van der Waals surface area contributed by atoms with E-state index in [0.29, 0.717) is 5.82 Å². The second kappa shape index (κ2) is 4.61. The van der Waals surface area contributed by atoms with E-state index in [-0.39, 0.29) is 11.6 Å². The van der Waals surface area contributed by atoms with Crippen molar-refractivity contribution < 1.29 is 4.79 Å². The molecule has 1 aromatic heterocycles. The highest BCUT2D eigenvalue weighted by Gasteiger charge is 2.14. The Morgan fingerprint density at radius 2 is 1.82 bits per heavy atom. The summed E-state index contributed by atoms with van der Waals surface area (Å²) in [5.41, 5.74) is 6.49. The van der Waals surface area contributed by atoms with Crippen LogP contribution in [0.15, 0.2) is 42.5 Å². The Balaban J connectivity index is 2.23. The number of hydrogen-bond donors (Lipinski definition) is 1. The number of carbonyl (C=O) groups excluding carboxylic acids is 1. The van der Waals surface area contributed by atoms with Crippen LogP contribution in [0.4, 0.5) is 11.5 Å². The van der Waals surface area contributed by atoms with Crippen LogP contribution >= 0.6 is 0 Å². The number of hydrogen-bond acceptors (Lipinski definition) is 4. The lowest BCUT2D eigenvalue weighted by molar-refractivity contribution is 0.0987. The highest BCUT2D eigenvalue weighted by molar-refractivity contribution is 6.04. The predicted molar refractivity (Wildman–Crippen MR) is 65.6 cm³/mol. The number of nitrogens with zero attached hydrogens (tertiary/aromatic N) is 3. The van der Waals surface area contributed by atoms with E-state index in [1.54, 1.807) is 19.2 Å². The van der Waals surface area contributed by atoms with Gasteiger partial charge in [-0.05, 0) is 24.3 Å². The van der Waals surface area contributed by atoms with Gasteiger partial charge in [0.25, 0.3) is 5.91 Å². The summed E-state index contributed by atoms with van der Waals surface area (Å²) in [5, 5.41) is 7.42. The first-order valence-corrected chi connectivity index (χ1v) is 5.11. The van der Waals surface area contributed by atoms with E-state index >= 15 is 0 Å². The molecule has 0 saturated heterocycles. The van der Waals surface area contributed by atoms with Gasteiger partial charge in [-0.15, -0.1) is 10.2 Å². The molecule has 0 fully saturated rings. The van der Waals surface area contributed by atoms with Crippen LogP contribution in [-0.2, 0) is 0 Å². The van der Waals surface area contributed by atoms with Crippen molar-refractivity contribution in [3.63, 3.8) is 0 Å². The van der Waals surface area contributed by atoms with Gasteiger partial charge in [-0.2, -0.15) is 0 Å². The number of amides is 1.